The fourth-order valence-corrected chi connectivity index (χ4v) is 3.25. The highest BCUT2D eigenvalue weighted by molar-refractivity contribution is 5.80. The lowest BCUT2D eigenvalue weighted by molar-refractivity contribution is -0.123. The van der Waals surface area contributed by atoms with Crippen molar-refractivity contribution in [1.29, 1.82) is 0 Å². The van der Waals surface area contributed by atoms with E-state index in [0.29, 0.717) is 23.2 Å². The minimum atomic E-state index is -0.166. The summed E-state index contributed by atoms with van der Waals surface area (Å²) in [6.45, 7) is 8.20. The largest absolute Gasteiger partial charge is 0.484 e. The average Bonchev–Trinajstić information content (AvgIpc) is 3.13. The lowest BCUT2D eigenvalue weighted by Gasteiger charge is -2.18. The van der Waals surface area contributed by atoms with Gasteiger partial charge < -0.3 is 15.0 Å². The Morgan fingerprint density at radius 3 is 2.92 bits per heavy atom. The molecule has 1 aromatic heterocycles. The van der Waals surface area contributed by atoms with Crippen molar-refractivity contribution in [3.63, 3.8) is 0 Å². The van der Waals surface area contributed by atoms with Crippen molar-refractivity contribution in [2.24, 2.45) is 0 Å². The molecular formula is C19H26N4O3. The quantitative estimate of drug-likeness (QED) is 0.767. The summed E-state index contributed by atoms with van der Waals surface area (Å²) >= 11 is 0. The molecule has 1 amide bonds. The maximum absolute atomic E-state index is 12.6. The van der Waals surface area contributed by atoms with Crippen molar-refractivity contribution in [1.82, 2.24) is 19.8 Å². The number of likely N-dealkylation sites (N-methyl/N-ethyl adjacent to an activating group) is 1. The Balaban J connectivity index is 1.59. The molecule has 0 aliphatic carbocycles. The summed E-state index contributed by atoms with van der Waals surface area (Å²) in [7, 11) is 0. The number of aromatic nitrogens is 2. The lowest BCUT2D eigenvalue weighted by Crippen LogP contribution is -2.36. The van der Waals surface area contributed by atoms with Crippen molar-refractivity contribution in [3.05, 3.63) is 34.4 Å². The molecule has 1 aliphatic rings. The van der Waals surface area contributed by atoms with Gasteiger partial charge in [-0.05, 0) is 37.7 Å². The van der Waals surface area contributed by atoms with Crippen LogP contribution in [0.25, 0.3) is 10.9 Å². The van der Waals surface area contributed by atoms with Crippen molar-refractivity contribution in [2.75, 3.05) is 32.8 Å². The van der Waals surface area contributed by atoms with E-state index in [4.69, 9.17) is 4.74 Å². The molecular weight excluding hydrogens is 332 g/mol. The topological polar surface area (TPSA) is 76.5 Å². The molecule has 0 atom stereocenters. The second-order valence-corrected chi connectivity index (χ2v) is 6.43. The first-order valence-electron chi connectivity index (χ1n) is 9.27. The van der Waals surface area contributed by atoms with Gasteiger partial charge in [-0.25, -0.2) is 4.98 Å². The fourth-order valence-electron chi connectivity index (χ4n) is 3.25. The normalized spacial score (nSPS) is 13.2. The molecule has 1 N–H and O–H groups in total. The molecule has 1 aliphatic heterocycles. The predicted molar refractivity (Wildman–Crippen MR) is 101 cm³/mol. The second-order valence-electron chi connectivity index (χ2n) is 6.43. The Bertz CT molecular complexity index is 843. The summed E-state index contributed by atoms with van der Waals surface area (Å²) < 4.78 is 7.29. The number of nitrogens with zero attached hydrogens (tertiary/aromatic N) is 3. The first-order chi connectivity index (χ1) is 12.6. The molecule has 0 saturated carbocycles. The minimum Gasteiger partial charge on any atom is -0.484 e. The number of carbonyl (C=O) groups is 1. The Morgan fingerprint density at radius 1 is 1.35 bits per heavy atom. The highest BCUT2D eigenvalue weighted by Gasteiger charge is 2.16. The minimum absolute atomic E-state index is 0.0309. The molecule has 3 rings (SSSR count). The lowest BCUT2D eigenvalue weighted by atomic mass is 10.2. The molecule has 2 aromatic rings. The van der Waals surface area contributed by atoms with Crippen molar-refractivity contribution >= 4 is 16.8 Å². The summed E-state index contributed by atoms with van der Waals surface area (Å²) in [5.74, 6) is 1.19. The van der Waals surface area contributed by atoms with E-state index in [2.05, 4.69) is 29.0 Å². The van der Waals surface area contributed by atoms with Gasteiger partial charge in [-0.3, -0.25) is 14.2 Å². The molecule has 0 fully saturated rings. The summed E-state index contributed by atoms with van der Waals surface area (Å²) in [4.78, 5) is 31.3. The third-order valence-corrected chi connectivity index (χ3v) is 4.80. The number of carbonyl (C=O) groups excluding carboxylic acids is 1. The zero-order valence-electron chi connectivity index (χ0n) is 15.5. The van der Waals surface area contributed by atoms with E-state index in [9.17, 15) is 9.59 Å². The van der Waals surface area contributed by atoms with Crippen LogP contribution >= 0.6 is 0 Å². The molecule has 2 heterocycles. The van der Waals surface area contributed by atoms with Gasteiger partial charge in [-0.15, -0.1) is 0 Å². The van der Waals surface area contributed by atoms with E-state index in [-0.39, 0.29) is 18.1 Å². The number of rotatable bonds is 8. The molecule has 26 heavy (non-hydrogen) atoms. The Labute approximate surface area is 153 Å². The van der Waals surface area contributed by atoms with Gasteiger partial charge in [0.2, 0.25) is 0 Å². The summed E-state index contributed by atoms with van der Waals surface area (Å²) in [6, 6.07) is 5.22. The molecule has 0 radical (unpaired) electrons. The predicted octanol–water partition coefficient (Wildman–Crippen LogP) is 1.18. The van der Waals surface area contributed by atoms with E-state index in [1.54, 1.807) is 22.8 Å². The van der Waals surface area contributed by atoms with Crippen LogP contribution in [0.4, 0.5) is 0 Å². The SMILES string of the molecule is CCN(CC)CCNC(=O)COc1ccc2nc3n(c(=O)c2c1)CCC3. The molecule has 0 unspecified atom stereocenters. The van der Waals surface area contributed by atoms with Crippen LogP contribution in [0.15, 0.2) is 23.0 Å². The van der Waals surface area contributed by atoms with Gasteiger partial charge in [0.05, 0.1) is 10.9 Å². The summed E-state index contributed by atoms with van der Waals surface area (Å²) in [6.07, 6.45) is 1.80. The third-order valence-electron chi connectivity index (χ3n) is 4.80. The average molecular weight is 358 g/mol. The van der Waals surface area contributed by atoms with Crippen LogP contribution in [-0.4, -0.2) is 53.1 Å². The number of nitrogens with one attached hydrogen (secondary N) is 1. The molecule has 7 heteroatoms. The van der Waals surface area contributed by atoms with Crippen LogP contribution in [0.2, 0.25) is 0 Å². The van der Waals surface area contributed by atoms with Crippen molar-refractivity contribution in [3.8, 4) is 5.75 Å². The molecule has 0 saturated heterocycles. The molecule has 7 nitrogen and oxygen atoms in total. The van der Waals surface area contributed by atoms with E-state index in [0.717, 1.165) is 44.8 Å². The first-order valence-corrected chi connectivity index (χ1v) is 9.27. The van der Waals surface area contributed by atoms with Crippen molar-refractivity contribution < 1.29 is 9.53 Å². The molecule has 140 valence electrons. The fraction of sp³-hybridized carbons (Fsp3) is 0.526. The number of ether oxygens (including phenoxy) is 1. The van der Waals surface area contributed by atoms with Crippen LogP contribution in [0.5, 0.6) is 5.75 Å². The van der Waals surface area contributed by atoms with E-state index in [1.165, 1.54) is 0 Å². The Hall–Kier alpha value is -2.41. The first kappa shape index (κ1) is 18.4. The molecule has 1 aromatic carbocycles. The highest BCUT2D eigenvalue weighted by atomic mass is 16.5. The summed E-state index contributed by atoms with van der Waals surface area (Å²) in [5, 5.41) is 3.39. The van der Waals surface area contributed by atoms with Crippen LogP contribution < -0.4 is 15.6 Å². The number of hydrogen-bond donors (Lipinski definition) is 1. The van der Waals surface area contributed by atoms with Crippen LogP contribution in [-0.2, 0) is 17.8 Å². The Morgan fingerprint density at radius 2 is 2.15 bits per heavy atom. The van der Waals surface area contributed by atoms with Gasteiger partial charge in [-0.1, -0.05) is 13.8 Å². The van der Waals surface area contributed by atoms with Gasteiger partial charge in [0.25, 0.3) is 11.5 Å². The number of fused-ring (bicyclic) bond motifs is 2. The van der Waals surface area contributed by atoms with Crippen molar-refractivity contribution in [2.45, 2.75) is 33.2 Å². The molecule has 0 spiro atoms. The maximum Gasteiger partial charge on any atom is 0.261 e. The standard InChI is InChI=1S/C19H26N4O3/c1-3-22(4-2)11-9-20-18(24)13-26-14-7-8-16-15(12-14)19(25)23-10-5-6-17(23)21-16/h7-8,12H,3-6,9-11,13H2,1-2H3,(H,20,24). The Kier molecular flexibility index (Phi) is 5.88. The molecule has 0 bridgehead atoms. The maximum atomic E-state index is 12.6. The number of hydrogen-bond acceptors (Lipinski definition) is 5. The van der Waals surface area contributed by atoms with E-state index >= 15 is 0 Å². The van der Waals surface area contributed by atoms with Crippen LogP contribution in [0.1, 0.15) is 26.1 Å². The van der Waals surface area contributed by atoms with Crippen LogP contribution in [0, 0.1) is 0 Å². The zero-order chi connectivity index (χ0) is 18.5. The van der Waals surface area contributed by atoms with E-state index < -0.39 is 0 Å². The third kappa shape index (κ3) is 4.04. The van der Waals surface area contributed by atoms with Gasteiger partial charge in [0, 0.05) is 26.1 Å². The van der Waals surface area contributed by atoms with E-state index in [1.807, 2.05) is 0 Å². The van der Waals surface area contributed by atoms with Crippen LogP contribution in [0.3, 0.4) is 0 Å². The zero-order valence-corrected chi connectivity index (χ0v) is 15.5. The number of amides is 1. The van der Waals surface area contributed by atoms with Gasteiger partial charge >= 0.3 is 0 Å². The smallest absolute Gasteiger partial charge is 0.261 e. The number of aryl methyl sites for hydroxylation is 1. The second kappa shape index (κ2) is 8.31. The summed E-state index contributed by atoms with van der Waals surface area (Å²) in [5.41, 5.74) is 0.649. The van der Waals surface area contributed by atoms with Gasteiger partial charge in [-0.2, -0.15) is 0 Å². The van der Waals surface area contributed by atoms with Gasteiger partial charge in [0.1, 0.15) is 11.6 Å². The number of benzene rings is 1. The van der Waals surface area contributed by atoms with Gasteiger partial charge in [0.15, 0.2) is 6.61 Å². The highest BCUT2D eigenvalue weighted by Crippen LogP contribution is 2.19. The monoisotopic (exact) mass is 358 g/mol.